The Kier molecular flexibility index (Phi) is 3.79. The molecule has 0 unspecified atom stereocenters. The largest absolute Gasteiger partial charge is 0.326 e. The van der Waals surface area contributed by atoms with E-state index >= 15 is 0 Å². The van der Waals surface area contributed by atoms with Crippen molar-refractivity contribution in [3.8, 4) is 0 Å². The number of carbonyl (C=O) groups is 1. The summed E-state index contributed by atoms with van der Waals surface area (Å²) >= 11 is 0. The van der Waals surface area contributed by atoms with Crippen LogP contribution in [0.1, 0.15) is 18.4 Å². The highest BCUT2D eigenvalue weighted by Crippen LogP contribution is 2.19. The summed E-state index contributed by atoms with van der Waals surface area (Å²) in [4.78, 5) is 14.4. The molecule has 0 radical (unpaired) electrons. The Bertz CT molecular complexity index is 403. The second-order valence-corrected chi connectivity index (χ2v) is 4.91. The van der Waals surface area contributed by atoms with Crippen LogP contribution < -0.4 is 5.32 Å². The SMILES string of the molecule is Cc1ccccc1NC(=O)[C@H]1CCCN(C)C1. The summed E-state index contributed by atoms with van der Waals surface area (Å²) in [7, 11) is 2.08. The van der Waals surface area contributed by atoms with Gasteiger partial charge in [-0.2, -0.15) is 0 Å². The molecular weight excluding hydrogens is 212 g/mol. The van der Waals surface area contributed by atoms with Crippen LogP contribution in [0.3, 0.4) is 0 Å². The fourth-order valence-corrected chi connectivity index (χ4v) is 2.33. The molecule has 1 N–H and O–H groups in total. The number of nitrogens with one attached hydrogen (secondary N) is 1. The molecule has 1 amide bonds. The van der Waals surface area contributed by atoms with Gasteiger partial charge in [-0.15, -0.1) is 0 Å². The molecule has 0 spiro atoms. The molecule has 92 valence electrons. The zero-order valence-electron chi connectivity index (χ0n) is 10.6. The summed E-state index contributed by atoms with van der Waals surface area (Å²) < 4.78 is 0. The summed E-state index contributed by atoms with van der Waals surface area (Å²) in [5.41, 5.74) is 2.05. The van der Waals surface area contributed by atoms with Crippen LogP contribution in [0, 0.1) is 12.8 Å². The molecule has 0 saturated carbocycles. The fourth-order valence-electron chi connectivity index (χ4n) is 2.33. The molecule has 1 atom stereocenters. The average molecular weight is 232 g/mol. The Balaban J connectivity index is 1.99. The number of aryl methyl sites for hydroxylation is 1. The highest BCUT2D eigenvalue weighted by atomic mass is 16.1. The number of piperidine rings is 1. The van der Waals surface area contributed by atoms with E-state index in [0.717, 1.165) is 37.2 Å². The number of likely N-dealkylation sites (tertiary alicyclic amines) is 1. The number of hydrogen-bond donors (Lipinski definition) is 1. The van der Waals surface area contributed by atoms with Gasteiger partial charge in [0, 0.05) is 12.2 Å². The molecule has 0 bridgehead atoms. The van der Waals surface area contributed by atoms with Crippen LogP contribution in [0.15, 0.2) is 24.3 Å². The Labute approximate surface area is 103 Å². The van der Waals surface area contributed by atoms with Crippen LogP contribution in [-0.2, 0) is 4.79 Å². The minimum atomic E-state index is 0.133. The van der Waals surface area contributed by atoms with E-state index in [1.165, 1.54) is 0 Å². The van der Waals surface area contributed by atoms with E-state index in [2.05, 4.69) is 17.3 Å². The van der Waals surface area contributed by atoms with Crippen molar-refractivity contribution >= 4 is 11.6 Å². The molecule has 0 aliphatic carbocycles. The molecule has 1 saturated heterocycles. The van der Waals surface area contributed by atoms with Crippen molar-refractivity contribution in [2.45, 2.75) is 19.8 Å². The van der Waals surface area contributed by atoms with Gasteiger partial charge in [-0.1, -0.05) is 18.2 Å². The third-order valence-electron chi connectivity index (χ3n) is 3.40. The second-order valence-electron chi connectivity index (χ2n) is 4.91. The minimum absolute atomic E-state index is 0.133. The second kappa shape index (κ2) is 5.32. The van der Waals surface area contributed by atoms with Crippen molar-refractivity contribution in [3.05, 3.63) is 29.8 Å². The molecule has 1 heterocycles. The predicted octanol–water partition coefficient (Wildman–Crippen LogP) is 2.28. The summed E-state index contributed by atoms with van der Waals surface area (Å²) in [5.74, 6) is 0.291. The molecule has 0 aromatic heterocycles. The number of nitrogens with zero attached hydrogens (tertiary/aromatic N) is 1. The molecule has 1 aliphatic rings. The van der Waals surface area contributed by atoms with Crippen molar-refractivity contribution < 1.29 is 4.79 Å². The molecule has 2 rings (SSSR count). The van der Waals surface area contributed by atoms with Crippen LogP contribution >= 0.6 is 0 Å². The Hall–Kier alpha value is -1.35. The number of anilines is 1. The van der Waals surface area contributed by atoms with Crippen molar-refractivity contribution in [1.29, 1.82) is 0 Å². The first kappa shape index (κ1) is 12.1. The summed E-state index contributed by atoms with van der Waals surface area (Å²) in [5, 5.41) is 3.03. The van der Waals surface area contributed by atoms with Gasteiger partial charge in [-0.05, 0) is 45.0 Å². The van der Waals surface area contributed by atoms with Gasteiger partial charge in [0.2, 0.25) is 5.91 Å². The Morgan fingerprint density at radius 1 is 1.41 bits per heavy atom. The van der Waals surface area contributed by atoms with Gasteiger partial charge >= 0.3 is 0 Å². The van der Waals surface area contributed by atoms with Crippen LogP contribution in [0.2, 0.25) is 0 Å². The first-order valence-corrected chi connectivity index (χ1v) is 6.22. The summed E-state index contributed by atoms with van der Waals surface area (Å²) in [6.07, 6.45) is 2.12. The third-order valence-corrected chi connectivity index (χ3v) is 3.40. The molecule has 1 fully saturated rings. The highest BCUT2D eigenvalue weighted by Gasteiger charge is 2.23. The number of carbonyl (C=O) groups excluding carboxylic acids is 1. The van der Waals surface area contributed by atoms with Crippen LogP contribution in [0.25, 0.3) is 0 Å². The lowest BCUT2D eigenvalue weighted by atomic mass is 9.97. The van der Waals surface area contributed by atoms with E-state index in [1.54, 1.807) is 0 Å². The number of rotatable bonds is 2. The van der Waals surface area contributed by atoms with Gasteiger partial charge in [-0.25, -0.2) is 0 Å². The van der Waals surface area contributed by atoms with Crippen molar-refractivity contribution in [2.24, 2.45) is 5.92 Å². The zero-order valence-corrected chi connectivity index (χ0v) is 10.6. The lowest BCUT2D eigenvalue weighted by molar-refractivity contribution is -0.121. The molecular formula is C14H20N2O. The first-order valence-electron chi connectivity index (χ1n) is 6.22. The Morgan fingerprint density at radius 3 is 2.88 bits per heavy atom. The maximum Gasteiger partial charge on any atom is 0.228 e. The van der Waals surface area contributed by atoms with Crippen molar-refractivity contribution in [3.63, 3.8) is 0 Å². The van der Waals surface area contributed by atoms with Gasteiger partial charge in [-0.3, -0.25) is 4.79 Å². The number of hydrogen-bond acceptors (Lipinski definition) is 2. The lowest BCUT2D eigenvalue weighted by Gasteiger charge is -2.28. The van der Waals surface area contributed by atoms with E-state index in [4.69, 9.17) is 0 Å². The van der Waals surface area contributed by atoms with Gasteiger partial charge in [0.1, 0.15) is 0 Å². The van der Waals surface area contributed by atoms with Gasteiger partial charge in [0.25, 0.3) is 0 Å². The standard InChI is InChI=1S/C14H20N2O/c1-11-6-3-4-8-13(11)15-14(17)12-7-5-9-16(2)10-12/h3-4,6,8,12H,5,7,9-10H2,1-2H3,(H,15,17)/t12-/m0/s1. The van der Waals surface area contributed by atoms with Crippen LogP contribution in [0.4, 0.5) is 5.69 Å². The van der Waals surface area contributed by atoms with Crippen molar-refractivity contribution in [1.82, 2.24) is 4.90 Å². The van der Waals surface area contributed by atoms with E-state index < -0.39 is 0 Å². The molecule has 1 aromatic rings. The lowest BCUT2D eigenvalue weighted by Crippen LogP contribution is -2.38. The maximum atomic E-state index is 12.1. The first-order chi connectivity index (χ1) is 8.16. The number of amides is 1. The van der Waals surface area contributed by atoms with E-state index in [0.29, 0.717) is 0 Å². The van der Waals surface area contributed by atoms with E-state index in [-0.39, 0.29) is 11.8 Å². The van der Waals surface area contributed by atoms with Gasteiger partial charge in [0.05, 0.1) is 5.92 Å². The van der Waals surface area contributed by atoms with Crippen LogP contribution in [-0.4, -0.2) is 30.9 Å². The molecule has 3 heteroatoms. The number of para-hydroxylation sites is 1. The molecule has 17 heavy (non-hydrogen) atoms. The highest BCUT2D eigenvalue weighted by molar-refractivity contribution is 5.93. The third kappa shape index (κ3) is 3.07. The summed E-state index contributed by atoms with van der Waals surface area (Å²) in [6.45, 7) is 3.99. The normalized spacial score (nSPS) is 21.2. The van der Waals surface area contributed by atoms with Gasteiger partial charge < -0.3 is 10.2 Å². The molecule has 1 aliphatic heterocycles. The smallest absolute Gasteiger partial charge is 0.228 e. The maximum absolute atomic E-state index is 12.1. The fraction of sp³-hybridized carbons (Fsp3) is 0.500. The number of benzene rings is 1. The van der Waals surface area contributed by atoms with Crippen molar-refractivity contribution in [2.75, 3.05) is 25.5 Å². The van der Waals surface area contributed by atoms with Gasteiger partial charge in [0.15, 0.2) is 0 Å². The van der Waals surface area contributed by atoms with E-state index in [9.17, 15) is 4.79 Å². The zero-order chi connectivity index (χ0) is 12.3. The monoisotopic (exact) mass is 232 g/mol. The minimum Gasteiger partial charge on any atom is -0.326 e. The molecule has 3 nitrogen and oxygen atoms in total. The molecule has 1 aromatic carbocycles. The van der Waals surface area contributed by atoms with Crippen LogP contribution in [0.5, 0.6) is 0 Å². The average Bonchev–Trinajstić information content (AvgIpc) is 2.32. The topological polar surface area (TPSA) is 32.3 Å². The predicted molar refractivity (Wildman–Crippen MR) is 70.0 cm³/mol. The quantitative estimate of drug-likeness (QED) is 0.848. The van der Waals surface area contributed by atoms with E-state index in [1.807, 2.05) is 31.2 Å². The summed E-state index contributed by atoms with van der Waals surface area (Å²) in [6, 6.07) is 7.91. The Morgan fingerprint density at radius 2 is 2.18 bits per heavy atom.